The summed E-state index contributed by atoms with van der Waals surface area (Å²) in [5.74, 6) is 1.74. The summed E-state index contributed by atoms with van der Waals surface area (Å²) < 4.78 is 0. The zero-order valence-corrected chi connectivity index (χ0v) is 12.3. The van der Waals surface area contributed by atoms with Gasteiger partial charge in [0.05, 0.1) is 0 Å². The van der Waals surface area contributed by atoms with Gasteiger partial charge in [0.25, 0.3) is 0 Å². The van der Waals surface area contributed by atoms with Gasteiger partial charge < -0.3 is 11.1 Å². The van der Waals surface area contributed by atoms with Gasteiger partial charge in [-0.05, 0) is 17.7 Å². The summed E-state index contributed by atoms with van der Waals surface area (Å²) in [6, 6.07) is 15.8. The van der Waals surface area contributed by atoms with Crippen molar-refractivity contribution in [1.29, 1.82) is 0 Å². The van der Waals surface area contributed by atoms with Gasteiger partial charge in [-0.25, -0.2) is 9.97 Å². The number of pyridine rings is 1. The largest absolute Gasteiger partial charge is 0.383 e. The second-order valence-corrected chi connectivity index (χ2v) is 4.89. The minimum Gasteiger partial charge on any atom is -0.383 e. The van der Waals surface area contributed by atoms with Crippen LogP contribution in [0.5, 0.6) is 0 Å². The van der Waals surface area contributed by atoms with Crippen LogP contribution in [0.15, 0.2) is 54.7 Å². The molecular formula is C17H17N5. The first-order chi connectivity index (χ1) is 10.8. The molecule has 0 atom stereocenters. The summed E-state index contributed by atoms with van der Waals surface area (Å²) in [5, 5.41) is 3.11. The lowest BCUT2D eigenvalue weighted by Crippen LogP contribution is -2.08. The SMILES string of the molecule is CNc1nc(-c2ccccn2)nc(N)c1Cc1ccccc1. The first kappa shape index (κ1) is 14.0. The van der Waals surface area contributed by atoms with Gasteiger partial charge >= 0.3 is 0 Å². The van der Waals surface area contributed by atoms with Crippen LogP contribution in [-0.2, 0) is 6.42 Å². The van der Waals surface area contributed by atoms with Gasteiger partial charge in [0.2, 0.25) is 0 Å². The number of nitrogens with zero attached hydrogens (tertiary/aromatic N) is 3. The highest BCUT2D eigenvalue weighted by Gasteiger charge is 2.13. The van der Waals surface area contributed by atoms with Crippen molar-refractivity contribution in [2.75, 3.05) is 18.1 Å². The maximum absolute atomic E-state index is 6.16. The molecule has 0 radical (unpaired) electrons. The van der Waals surface area contributed by atoms with E-state index in [1.165, 1.54) is 5.56 Å². The standard InChI is InChI=1S/C17H17N5/c1-19-16-13(11-12-7-3-2-4-8-12)15(18)21-17(22-16)14-9-5-6-10-20-14/h2-10H,11H2,1H3,(H3,18,19,21,22). The topological polar surface area (TPSA) is 76.7 Å². The number of rotatable bonds is 4. The zero-order valence-electron chi connectivity index (χ0n) is 12.3. The maximum Gasteiger partial charge on any atom is 0.182 e. The van der Waals surface area contributed by atoms with E-state index in [1.54, 1.807) is 6.20 Å². The van der Waals surface area contributed by atoms with Crippen molar-refractivity contribution in [2.45, 2.75) is 6.42 Å². The third kappa shape index (κ3) is 2.88. The van der Waals surface area contributed by atoms with Crippen molar-refractivity contribution in [2.24, 2.45) is 0 Å². The summed E-state index contributed by atoms with van der Waals surface area (Å²) in [6.07, 6.45) is 2.40. The first-order valence-corrected chi connectivity index (χ1v) is 7.07. The molecule has 110 valence electrons. The highest BCUT2D eigenvalue weighted by atomic mass is 15.1. The van der Waals surface area contributed by atoms with Crippen LogP contribution in [0.2, 0.25) is 0 Å². The van der Waals surface area contributed by atoms with Crippen LogP contribution in [0.4, 0.5) is 11.6 Å². The molecule has 3 rings (SSSR count). The molecule has 0 unspecified atom stereocenters. The second kappa shape index (κ2) is 6.22. The van der Waals surface area contributed by atoms with E-state index in [1.807, 2.05) is 43.4 Å². The number of nitrogens with two attached hydrogens (primary N) is 1. The number of nitrogens with one attached hydrogen (secondary N) is 1. The van der Waals surface area contributed by atoms with Crippen molar-refractivity contribution in [3.8, 4) is 11.5 Å². The zero-order chi connectivity index (χ0) is 15.4. The normalized spacial score (nSPS) is 10.4. The lowest BCUT2D eigenvalue weighted by molar-refractivity contribution is 1.07. The van der Waals surface area contributed by atoms with E-state index in [9.17, 15) is 0 Å². The highest BCUT2D eigenvalue weighted by Crippen LogP contribution is 2.25. The number of aromatic nitrogens is 3. The fourth-order valence-electron chi connectivity index (χ4n) is 2.29. The van der Waals surface area contributed by atoms with E-state index in [0.717, 1.165) is 11.4 Å². The monoisotopic (exact) mass is 291 g/mol. The Morgan fingerprint density at radius 2 is 1.77 bits per heavy atom. The summed E-state index contributed by atoms with van der Waals surface area (Å²) >= 11 is 0. The molecule has 0 aliphatic carbocycles. The lowest BCUT2D eigenvalue weighted by Gasteiger charge is -2.12. The Balaban J connectivity index is 2.01. The molecule has 1 aromatic carbocycles. The molecule has 0 aliphatic heterocycles. The Kier molecular flexibility index (Phi) is 3.96. The molecule has 3 N–H and O–H groups in total. The van der Waals surface area contributed by atoms with E-state index in [-0.39, 0.29) is 0 Å². The average Bonchev–Trinajstić information content (AvgIpc) is 2.58. The number of anilines is 2. The second-order valence-electron chi connectivity index (χ2n) is 4.89. The number of benzene rings is 1. The van der Waals surface area contributed by atoms with Gasteiger partial charge in [-0.3, -0.25) is 4.98 Å². The van der Waals surface area contributed by atoms with Crippen LogP contribution >= 0.6 is 0 Å². The van der Waals surface area contributed by atoms with Crippen LogP contribution in [0.1, 0.15) is 11.1 Å². The van der Waals surface area contributed by atoms with E-state index < -0.39 is 0 Å². The lowest BCUT2D eigenvalue weighted by atomic mass is 10.1. The minimum absolute atomic E-state index is 0.476. The minimum atomic E-state index is 0.476. The fourth-order valence-corrected chi connectivity index (χ4v) is 2.29. The van der Waals surface area contributed by atoms with E-state index in [2.05, 4.69) is 32.4 Å². The molecule has 0 saturated heterocycles. The van der Waals surface area contributed by atoms with Crippen LogP contribution in [0.25, 0.3) is 11.5 Å². The van der Waals surface area contributed by atoms with Crippen LogP contribution < -0.4 is 11.1 Å². The average molecular weight is 291 g/mol. The summed E-state index contributed by atoms with van der Waals surface area (Å²) in [7, 11) is 1.83. The molecule has 0 bridgehead atoms. The molecule has 22 heavy (non-hydrogen) atoms. The third-order valence-corrected chi connectivity index (χ3v) is 3.39. The van der Waals surface area contributed by atoms with Gasteiger partial charge in [-0.1, -0.05) is 36.4 Å². The molecule has 0 amide bonds. The van der Waals surface area contributed by atoms with E-state index in [0.29, 0.717) is 23.8 Å². The number of hydrogen-bond acceptors (Lipinski definition) is 5. The van der Waals surface area contributed by atoms with Gasteiger partial charge in [-0.15, -0.1) is 0 Å². The molecule has 2 heterocycles. The summed E-state index contributed by atoms with van der Waals surface area (Å²) in [5.41, 5.74) is 8.93. The molecule has 3 aromatic rings. The van der Waals surface area contributed by atoms with E-state index in [4.69, 9.17) is 5.73 Å². The quantitative estimate of drug-likeness (QED) is 0.773. The predicted molar refractivity (Wildman–Crippen MR) is 88.5 cm³/mol. The molecular weight excluding hydrogens is 274 g/mol. The molecule has 2 aromatic heterocycles. The number of hydrogen-bond donors (Lipinski definition) is 2. The van der Waals surface area contributed by atoms with Gasteiger partial charge in [0.15, 0.2) is 5.82 Å². The smallest absolute Gasteiger partial charge is 0.182 e. The Labute approximate surface area is 129 Å². The molecule has 0 aliphatic rings. The molecule has 0 fully saturated rings. The maximum atomic E-state index is 6.16. The molecule has 0 saturated carbocycles. The Morgan fingerprint density at radius 1 is 1.00 bits per heavy atom. The Hall–Kier alpha value is -2.95. The van der Waals surface area contributed by atoms with Crippen molar-refractivity contribution in [3.05, 3.63) is 65.9 Å². The number of nitrogen functional groups attached to an aromatic ring is 1. The first-order valence-electron chi connectivity index (χ1n) is 7.07. The Morgan fingerprint density at radius 3 is 2.45 bits per heavy atom. The van der Waals surface area contributed by atoms with E-state index >= 15 is 0 Å². The van der Waals surface area contributed by atoms with Crippen molar-refractivity contribution in [3.63, 3.8) is 0 Å². The van der Waals surface area contributed by atoms with Gasteiger partial charge in [0, 0.05) is 25.2 Å². The predicted octanol–water partition coefficient (Wildman–Crippen LogP) is 2.75. The molecule has 5 heteroatoms. The fraction of sp³-hybridized carbons (Fsp3) is 0.118. The summed E-state index contributed by atoms with van der Waals surface area (Å²) in [4.78, 5) is 13.2. The highest BCUT2D eigenvalue weighted by molar-refractivity contribution is 5.63. The third-order valence-electron chi connectivity index (χ3n) is 3.39. The van der Waals surface area contributed by atoms with Crippen molar-refractivity contribution >= 4 is 11.6 Å². The summed E-state index contributed by atoms with van der Waals surface area (Å²) in [6.45, 7) is 0. The van der Waals surface area contributed by atoms with Crippen LogP contribution in [0, 0.1) is 0 Å². The van der Waals surface area contributed by atoms with Crippen molar-refractivity contribution in [1.82, 2.24) is 15.0 Å². The van der Waals surface area contributed by atoms with Crippen LogP contribution in [-0.4, -0.2) is 22.0 Å². The molecule has 0 spiro atoms. The van der Waals surface area contributed by atoms with Gasteiger partial charge in [0.1, 0.15) is 17.3 Å². The van der Waals surface area contributed by atoms with Crippen molar-refractivity contribution < 1.29 is 0 Å². The Bertz CT molecular complexity index is 757. The van der Waals surface area contributed by atoms with Crippen LogP contribution in [0.3, 0.4) is 0 Å². The molecule has 5 nitrogen and oxygen atoms in total. The van der Waals surface area contributed by atoms with Gasteiger partial charge in [-0.2, -0.15) is 0 Å².